The number of nitrogens with two attached hydrogens (primary N) is 2. The Morgan fingerprint density at radius 3 is 2.87 bits per heavy atom. The fourth-order valence-electron chi connectivity index (χ4n) is 1.32. The van der Waals surface area contributed by atoms with Gasteiger partial charge in [0.1, 0.15) is 0 Å². The summed E-state index contributed by atoms with van der Waals surface area (Å²) < 4.78 is 4.77. The Hall–Kier alpha value is -1.72. The fraction of sp³-hybridized carbons (Fsp3) is 0.556. The third kappa shape index (κ3) is 3.16. The van der Waals surface area contributed by atoms with E-state index in [1.54, 1.807) is 0 Å². The van der Waals surface area contributed by atoms with Crippen molar-refractivity contribution in [1.29, 1.82) is 0 Å². The number of amides is 1. The minimum Gasteiger partial charge on any atom is -0.405 e. The number of nitrogens with zero attached hydrogens (tertiary/aromatic N) is 1. The first kappa shape index (κ1) is 11.4. The highest BCUT2D eigenvalue weighted by Crippen LogP contribution is 2.24. The molecule has 0 fully saturated rings. The number of carbonyl (C=O) groups excluding carboxylic acids is 1. The molecule has 0 radical (unpaired) electrons. The van der Waals surface area contributed by atoms with Crippen LogP contribution in [0.15, 0.2) is 0 Å². The maximum absolute atomic E-state index is 10.6. The molecule has 0 unspecified atom stereocenters. The molecule has 0 atom stereocenters. The molecule has 0 aromatic carbocycles. The predicted molar refractivity (Wildman–Crippen MR) is 56.4 cm³/mol. The second kappa shape index (κ2) is 5.23. The number of anilines is 1. The molecule has 0 spiro atoms. The number of primary amides is 1. The van der Waals surface area contributed by atoms with Gasteiger partial charge < -0.3 is 16.2 Å². The Morgan fingerprint density at radius 1 is 1.53 bits per heavy atom. The number of H-pyrrole nitrogens is 1. The molecule has 1 aromatic heterocycles. The van der Waals surface area contributed by atoms with E-state index in [0.29, 0.717) is 0 Å². The van der Waals surface area contributed by atoms with Gasteiger partial charge in [0.2, 0.25) is 0 Å². The van der Waals surface area contributed by atoms with Crippen LogP contribution in [-0.2, 0) is 6.42 Å². The monoisotopic (exact) mass is 212 g/mol. The van der Waals surface area contributed by atoms with Crippen molar-refractivity contribution < 1.29 is 9.53 Å². The Bertz CT molecular complexity index is 335. The largest absolute Gasteiger partial charge is 0.410 e. The summed E-state index contributed by atoms with van der Waals surface area (Å²) in [6.07, 6.45) is 3.10. The van der Waals surface area contributed by atoms with Crippen LogP contribution < -0.4 is 16.2 Å². The molecule has 0 bridgehead atoms. The van der Waals surface area contributed by atoms with E-state index in [1.165, 1.54) is 0 Å². The van der Waals surface area contributed by atoms with E-state index in [-0.39, 0.29) is 11.6 Å². The number of hydrogen-bond donors (Lipinski definition) is 3. The molecule has 0 aliphatic heterocycles. The van der Waals surface area contributed by atoms with Crippen molar-refractivity contribution in [3.05, 3.63) is 5.69 Å². The van der Waals surface area contributed by atoms with Gasteiger partial charge in [-0.15, -0.1) is 0 Å². The van der Waals surface area contributed by atoms with Gasteiger partial charge in [0.05, 0.1) is 5.69 Å². The lowest BCUT2D eigenvalue weighted by atomic mass is 10.1. The number of nitrogen functional groups attached to an aromatic ring is 1. The van der Waals surface area contributed by atoms with Crippen LogP contribution in [0.2, 0.25) is 0 Å². The minimum atomic E-state index is -0.875. The van der Waals surface area contributed by atoms with Gasteiger partial charge in [-0.1, -0.05) is 19.8 Å². The van der Waals surface area contributed by atoms with Crippen LogP contribution >= 0.6 is 0 Å². The summed E-state index contributed by atoms with van der Waals surface area (Å²) in [6, 6.07) is 0. The molecule has 0 aliphatic carbocycles. The van der Waals surface area contributed by atoms with Gasteiger partial charge in [0, 0.05) is 0 Å². The second-order valence-electron chi connectivity index (χ2n) is 3.29. The summed E-state index contributed by atoms with van der Waals surface area (Å²) in [5.41, 5.74) is 11.2. The Morgan fingerprint density at radius 2 is 2.27 bits per heavy atom. The fourth-order valence-corrected chi connectivity index (χ4v) is 1.32. The van der Waals surface area contributed by atoms with Crippen LogP contribution in [0, 0.1) is 0 Å². The van der Waals surface area contributed by atoms with Crippen LogP contribution in [0.5, 0.6) is 5.75 Å². The third-order valence-corrected chi connectivity index (χ3v) is 2.05. The first-order chi connectivity index (χ1) is 7.15. The van der Waals surface area contributed by atoms with E-state index < -0.39 is 6.09 Å². The minimum absolute atomic E-state index is 0.167. The van der Waals surface area contributed by atoms with Gasteiger partial charge >= 0.3 is 6.09 Å². The molecule has 0 aliphatic rings. The molecule has 1 rings (SSSR count). The van der Waals surface area contributed by atoms with E-state index in [1.807, 2.05) is 0 Å². The topological polar surface area (TPSA) is 107 Å². The molecular formula is C9H16N4O2. The van der Waals surface area contributed by atoms with E-state index in [4.69, 9.17) is 16.2 Å². The normalized spacial score (nSPS) is 10.2. The number of hydrogen-bond acceptors (Lipinski definition) is 4. The summed E-state index contributed by atoms with van der Waals surface area (Å²) in [6.45, 7) is 2.11. The van der Waals surface area contributed by atoms with Gasteiger partial charge in [-0.05, 0) is 12.8 Å². The highest BCUT2D eigenvalue weighted by Gasteiger charge is 2.13. The third-order valence-electron chi connectivity index (χ3n) is 2.05. The standard InChI is InChI=1S/C9H16N4O2/c1-2-3-4-5-6-7(15-9(11)14)8(10)13-12-6/h2-5H2,1H3,(H2,11,14)(H3,10,12,13). The van der Waals surface area contributed by atoms with Crippen LogP contribution in [0.3, 0.4) is 0 Å². The Balaban J connectivity index is 2.66. The average Bonchev–Trinajstić information content (AvgIpc) is 2.49. The number of ether oxygens (including phenoxy) is 1. The van der Waals surface area contributed by atoms with Crippen LogP contribution in [0.1, 0.15) is 31.9 Å². The number of carbonyl (C=O) groups is 1. The SMILES string of the molecule is CCCCCc1[nH]nc(N)c1OC(N)=O. The van der Waals surface area contributed by atoms with Crippen molar-refractivity contribution in [3.8, 4) is 5.75 Å². The maximum Gasteiger partial charge on any atom is 0.410 e. The highest BCUT2D eigenvalue weighted by atomic mass is 16.5. The van der Waals surface area contributed by atoms with Gasteiger partial charge in [-0.2, -0.15) is 5.10 Å². The molecule has 1 heterocycles. The van der Waals surface area contributed by atoms with Crippen molar-refractivity contribution in [2.24, 2.45) is 5.73 Å². The molecule has 1 aromatic rings. The van der Waals surface area contributed by atoms with Crippen molar-refractivity contribution in [2.75, 3.05) is 5.73 Å². The second-order valence-corrected chi connectivity index (χ2v) is 3.29. The summed E-state index contributed by atoms with van der Waals surface area (Å²) in [4.78, 5) is 10.6. The van der Waals surface area contributed by atoms with Crippen molar-refractivity contribution >= 4 is 11.9 Å². The maximum atomic E-state index is 10.6. The van der Waals surface area contributed by atoms with E-state index >= 15 is 0 Å². The van der Waals surface area contributed by atoms with Crippen LogP contribution in [0.4, 0.5) is 10.6 Å². The van der Waals surface area contributed by atoms with Gasteiger partial charge in [-0.3, -0.25) is 5.10 Å². The highest BCUT2D eigenvalue weighted by molar-refractivity contribution is 5.70. The molecule has 0 saturated carbocycles. The Labute approximate surface area is 88.0 Å². The molecule has 6 heteroatoms. The summed E-state index contributed by atoms with van der Waals surface area (Å²) in [7, 11) is 0. The molecule has 6 nitrogen and oxygen atoms in total. The van der Waals surface area contributed by atoms with Crippen molar-refractivity contribution in [2.45, 2.75) is 32.6 Å². The van der Waals surface area contributed by atoms with Crippen molar-refractivity contribution in [3.63, 3.8) is 0 Å². The number of aromatic nitrogens is 2. The van der Waals surface area contributed by atoms with Crippen LogP contribution in [0.25, 0.3) is 0 Å². The van der Waals surface area contributed by atoms with E-state index in [2.05, 4.69) is 17.1 Å². The Kier molecular flexibility index (Phi) is 3.96. The number of aryl methyl sites for hydroxylation is 1. The molecule has 0 saturated heterocycles. The number of nitrogens with one attached hydrogen (secondary N) is 1. The summed E-state index contributed by atoms with van der Waals surface area (Å²) in [5.74, 6) is 0.430. The smallest absolute Gasteiger partial charge is 0.405 e. The number of unbranched alkanes of at least 4 members (excludes halogenated alkanes) is 2. The van der Waals surface area contributed by atoms with E-state index in [0.717, 1.165) is 31.4 Å². The molecular weight excluding hydrogens is 196 g/mol. The summed E-state index contributed by atoms with van der Waals surface area (Å²) in [5, 5.41) is 6.50. The molecule has 1 amide bonds. The zero-order chi connectivity index (χ0) is 11.3. The zero-order valence-electron chi connectivity index (χ0n) is 8.75. The molecule has 84 valence electrons. The van der Waals surface area contributed by atoms with E-state index in [9.17, 15) is 4.79 Å². The van der Waals surface area contributed by atoms with Crippen molar-refractivity contribution in [1.82, 2.24) is 10.2 Å². The lowest BCUT2D eigenvalue weighted by Crippen LogP contribution is -2.17. The molecule has 15 heavy (non-hydrogen) atoms. The van der Waals surface area contributed by atoms with Crippen LogP contribution in [-0.4, -0.2) is 16.3 Å². The van der Waals surface area contributed by atoms with Gasteiger partial charge in [0.25, 0.3) is 0 Å². The van der Waals surface area contributed by atoms with Gasteiger partial charge in [0.15, 0.2) is 11.6 Å². The van der Waals surface area contributed by atoms with Gasteiger partial charge in [-0.25, -0.2) is 4.79 Å². The number of aromatic amines is 1. The average molecular weight is 212 g/mol. The lowest BCUT2D eigenvalue weighted by Gasteiger charge is -2.02. The summed E-state index contributed by atoms with van der Waals surface area (Å²) >= 11 is 0. The first-order valence-corrected chi connectivity index (χ1v) is 4.95. The molecule has 5 N–H and O–H groups in total. The predicted octanol–water partition coefficient (Wildman–Crippen LogP) is 1.18. The quantitative estimate of drug-likeness (QED) is 0.637. The zero-order valence-corrected chi connectivity index (χ0v) is 8.75. The number of rotatable bonds is 5. The lowest BCUT2D eigenvalue weighted by molar-refractivity contribution is 0.210. The first-order valence-electron chi connectivity index (χ1n) is 4.95.